The van der Waals surface area contributed by atoms with Gasteiger partial charge in [-0.25, -0.2) is 4.68 Å². The minimum absolute atomic E-state index is 0.0818. The molecule has 2 N–H and O–H groups in total. The zero-order chi connectivity index (χ0) is 19.5. The molecule has 2 aromatic rings. The Hall–Kier alpha value is -3.60. The number of ether oxygens (including phenoxy) is 1. The summed E-state index contributed by atoms with van der Waals surface area (Å²) >= 11 is 0. The number of nitrogens with zero attached hydrogens (tertiary/aromatic N) is 2. The lowest BCUT2D eigenvalue weighted by molar-refractivity contribution is -0.120. The molecule has 0 atom stereocenters. The molecule has 1 heterocycles. The minimum Gasteiger partial charge on any atom is -0.492 e. The van der Waals surface area contributed by atoms with E-state index < -0.39 is 5.91 Å². The van der Waals surface area contributed by atoms with Gasteiger partial charge in [-0.2, -0.15) is 5.10 Å². The molecule has 0 aliphatic heterocycles. The van der Waals surface area contributed by atoms with Crippen molar-refractivity contribution in [3.05, 3.63) is 58.5 Å². The molecule has 0 aliphatic carbocycles. The third kappa shape index (κ3) is 6.66. The second-order valence-electron chi connectivity index (χ2n) is 5.43. The number of para-hydroxylation sites is 1. The second kappa shape index (κ2) is 10.4. The minimum atomic E-state index is -0.475. The van der Waals surface area contributed by atoms with Gasteiger partial charge in [0.2, 0.25) is 5.91 Å². The van der Waals surface area contributed by atoms with Crippen LogP contribution in [0.2, 0.25) is 0 Å². The molecule has 0 radical (unpaired) electrons. The number of benzene rings is 1. The van der Waals surface area contributed by atoms with Crippen molar-refractivity contribution < 1.29 is 14.3 Å². The Morgan fingerprint density at radius 1 is 1.15 bits per heavy atom. The number of carbonyl (C=O) groups excluding carboxylic acids is 2. The Bertz CT molecular complexity index is 871. The van der Waals surface area contributed by atoms with Crippen LogP contribution >= 0.6 is 0 Å². The van der Waals surface area contributed by atoms with E-state index in [1.54, 1.807) is 12.1 Å². The van der Waals surface area contributed by atoms with Crippen LogP contribution < -0.4 is 20.9 Å². The summed E-state index contributed by atoms with van der Waals surface area (Å²) in [7, 11) is 0. The molecular weight excluding hydrogens is 348 g/mol. The molecule has 1 aromatic carbocycles. The van der Waals surface area contributed by atoms with E-state index in [4.69, 9.17) is 11.2 Å². The highest BCUT2D eigenvalue weighted by atomic mass is 16.5. The SMILES string of the molecule is C#CCNC(=O)CCNC(=O)c1ccc(=O)n(CCOc2ccccc2)n1. The van der Waals surface area contributed by atoms with Crippen LogP contribution in [0.5, 0.6) is 5.75 Å². The molecule has 0 bridgehead atoms. The number of aromatic nitrogens is 2. The molecule has 8 nitrogen and oxygen atoms in total. The summed E-state index contributed by atoms with van der Waals surface area (Å²) in [5.41, 5.74) is -0.254. The van der Waals surface area contributed by atoms with Gasteiger partial charge in [0.05, 0.1) is 13.1 Å². The Labute approximate surface area is 156 Å². The standard InChI is InChI=1S/C19H20N4O4/c1-2-11-20-17(24)10-12-21-19(26)16-8-9-18(25)23(22-16)13-14-27-15-6-4-3-5-7-15/h1,3-9H,10-14H2,(H,20,24)(H,21,26). The first-order chi connectivity index (χ1) is 13.1. The molecular formula is C19H20N4O4. The van der Waals surface area contributed by atoms with Crippen LogP contribution in [0.3, 0.4) is 0 Å². The predicted octanol–water partition coefficient (Wildman–Crippen LogP) is 0.192. The van der Waals surface area contributed by atoms with Crippen LogP contribution in [0, 0.1) is 12.3 Å². The average molecular weight is 368 g/mol. The lowest BCUT2D eigenvalue weighted by atomic mass is 10.3. The lowest BCUT2D eigenvalue weighted by Crippen LogP contribution is -2.33. The topological polar surface area (TPSA) is 102 Å². The molecule has 140 valence electrons. The summed E-state index contributed by atoms with van der Waals surface area (Å²) in [5.74, 6) is 2.24. The van der Waals surface area contributed by atoms with Crippen molar-refractivity contribution in [1.82, 2.24) is 20.4 Å². The van der Waals surface area contributed by atoms with Crippen molar-refractivity contribution >= 4 is 11.8 Å². The van der Waals surface area contributed by atoms with E-state index in [1.165, 1.54) is 12.1 Å². The van der Waals surface area contributed by atoms with E-state index in [9.17, 15) is 14.4 Å². The van der Waals surface area contributed by atoms with Gasteiger partial charge in [-0.1, -0.05) is 24.1 Å². The Morgan fingerprint density at radius 2 is 1.93 bits per heavy atom. The maximum atomic E-state index is 12.1. The van der Waals surface area contributed by atoms with Crippen LogP contribution in [0.1, 0.15) is 16.9 Å². The van der Waals surface area contributed by atoms with Gasteiger partial charge in [0.15, 0.2) is 0 Å². The number of amides is 2. The van der Waals surface area contributed by atoms with Crippen LogP contribution in [-0.4, -0.2) is 41.3 Å². The fourth-order valence-electron chi connectivity index (χ4n) is 2.12. The normalized spacial score (nSPS) is 9.89. The van der Waals surface area contributed by atoms with E-state index in [-0.39, 0.29) is 49.8 Å². The lowest BCUT2D eigenvalue weighted by Gasteiger charge is -2.09. The number of terminal acetylenes is 1. The highest BCUT2D eigenvalue weighted by Crippen LogP contribution is 2.07. The Morgan fingerprint density at radius 3 is 2.67 bits per heavy atom. The van der Waals surface area contributed by atoms with Crippen molar-refractivity contribution in [3.63, 3.8) is 0 Å². The van der Waals surface area contributed by atoms with E-state index in [0.717, 1.165) is 4.68 Å². The van der Waals surface area contributed by atoms with Crippen molar-refractivity contribution in [2.75, 3.05) is 19.7 Å². The molecule has 8 heteroatoms. The van der Waals surface area contributed by atoms with Crippen molar-refractivity contribution in [1.29, 1.82) is 0 Å². The fraction of sp³-hybridized carbons (Fsp3) is 0.263. The maximum Gasteiger partial charge on any atom is 0.271 e. The largest absolute Gasteiger partial charge is 0.492 e. The van der Waals surface area contributed by atoms with Crippen LogP contribution in [0.15, 0.2) is 47.3 Å². The molecule has 0 unspecified atom stereocenters. The summed E-state index contributed by atoms with van der Waals surface area (Å²) in [6, 6.07) is 11.8. The third-order valence-electron chi connectivity index (χ3n) is 3.44. The van der Waals surface area contributed by atoms with Gasteiger partial charge in [-0.3, -0.25) is 14.4 Å². The zero-order valence-electron chi connectivity index (χ0n) is 14.7. The Balaban J connectivity index is 1.86. The quantitative estimate of drug-likeness (QED) is 0.615. The van der Waals surface area contributed by atoms with E-state index >= 15 is 0 Å². The van der Waals surface area contributed by atoms with Gasteiger partial charge >= 0.3 is 0 Å². The summed E-state index contributed by atoms with van der Waals surface area (Å²) in [4.78, 5) is 35.4. The second-order valence-corrected chi connectivity index (χ2v) is 5.43. The Kier molecular flexibility index (Phi) is 7.60. The van der Waals surface area contributed by atoms with E-state index in [1.807, 2.05) is 18.2 Å². The highest BCUT2D eigenvalue weighted by Gasteiger charge is 2.10. The molecule has 27 heavy (non-hydrogen) atoms. The van der Waals surface area contributed by atoms with Crippen LogP contribution in [-0.2, 0) is 11.3 Å². The van der Waals surface area contributed by atoms with Gasteiger partial charge in [0.1, 0.15) is 18.1 Å². The molecule has 0 fully saturated rings. The maximum absolute atomic E-state index is 12.1. The number of hydrogen-bond acceptors (Lipinski definition) is 5. The monoisotopic (exact) mass is 368 g/mol. The van der Waals surface area contributed by atoms with E-state index in [0.29, 0.717) is 5.75 Å². The molecule has 1 aromatic heterocycles. The third-order valence-corrected chi connectivity index (χ3v) is 3.44. The molecule has 0 aliphatic rings. The van der Waals surface area contributed by atoms with Crippen molar-refractivity contribution in [2.45, 2.75) is 13.0 Å². The first-order valence-electron chi connectivity index (χ1n) is 8.34. The van der Waals surface area contributed by atoms with Crippen LogP contribution in [0.25, 0.3) is 0 Å². The fourth-order valence-corrected chi connectivity index (χ4v) is 2.12. The highest BCUT2D eigenvalue weighted by molar-refractivity contribution is 5.92. The molecule has 2 amide bonds. The van der Waals surface area contributed by atoms with Gasteiger partial charge in [-0.15, -0.1) is 6.42 Å². The zero-order valence-corrected chi connectivity index (χ0v) is 14.7. The molecule has 0 saturated heterocycles. The molecule has 2 rings (SSSR count). The van der Waals surface area contributed by atoms with Crippen molar-refractivity contribution in [2.24, 2.45) is 0 Å². The number of carbonyl (C=O) groups is 2. The molecule has 0 spiro atoms. The first-order valence-corrected chi connectivity index (χ1v) is 8.34. The number of nitrogens with one attached hydrogen (secondary N) is 2. The van der Waals surface area contributed by atoms with Gasteiger partial charge in [0.25, 0.3) is 11.5 Å². The summed E-state index contributed by atoms with van der Waals surface area (Å²) in [6.45, 7) is 0.707. The number of rotatable bonds is 9. The van der Waals surface area contributed by atoms with Crippen LogP contribution in [0.4, 0.5) is 0 Å². The smallest absolute Gasteiger partial charge is 0.271 e. The van der Waals surface area contributed by atoms with E-state index in [2.05, 4.69) is 21.7 Å². The van der Waals surface area contributed by atoms with Gasteiger partial charge in [0, 0.05) is 19.0 Å². The van der Waals surface area contributed by atoms with Gasteiger partial charge < -0.3 is 15.4 Å². The van der Waals surface area contributed by atoms with Crippen molar-refractivity contribution in [3.8, 4) is 18.1 Å². The summed E-state index contributed by atoms with van der Waals surface area (Å²) in [6.07, 6.45) is 5.14. The number of hydrogen-bond donors (Lipinski definition) is 2. The average Bonchev–Trinajstić information content (AvgIpc) is 2.68. The molecule has 0 saturated carbocycles. The first kappa shape index (κ1) is 19.7. The summed E-state index contributed by atoms with van der Waals surface area (Å²) < 4.78 is 6.69. The predicted molar refractivity (Wildman–Crippen MR) is 99.2 cm³/mol. The summed E-state index contributed by atoms with van der Waals surface area (Å²) in [5, 5.41) is 9.11. The van der Waals surface area contributed by atoms with Gasteiger partial charge in [-0.05, 0) is 18.2 Å².